The number of aliphatic imine (C=N–C) groups is 1. The van der Waals surface area contributed by atoms with E-state index in [0.717, 1.165) is 0 Å². The number of nitrogens with one attached hydrogen (secondary N) is 6. The number of carboxylic acids is 1. The number of hydrogen-bond acceptors (Lipinski definition) is 12. The van der Waals surface area contributed by atoms with Crippen molar-refractivity contribution in [2.75, 3.05) is 19.7 Å². The molecule has 0 spiro atoms. The summed E-state index contributed by atoms with van der Waals surface area (Å²) < 4.78 is 0. The molecule has 57 heavy (non-hydrogen) atoms. The lowest BCUT2D eigenvalue weighted by molar-refractivity contribution is -0.143. The Morgan fingerprint density at radius 2 is 1.04 bits per heavy atom. The molecule has 0 aromatic rings. The number of primary amides is 1. The van der Waals surface area contributed by atoms with Crippen LogP contribution in [0.4, 0.5) is 0 Å². The van der Waals surface area contributed by atoms with E-state index in [1.165, 1.54) is 6.92 Å². The molecule has 7 atom stereocenters. The fourth-order valence-electron chi connectivity index (χ4n) is 5.32. The van der Waals surface area contributed by atoms with Gasteiger partial charge in [-0.1, -0.05) is 27.7 Å². The maximum absolute atomic E-state index is 13.6. The lowest BCUT2D eigenvalue weighted by Gasteiger charge is -2.26. The van der Waals surface area contributed by atoms with Crippen LogP contribution in [-0.4, -0.2) is 125 Å². The maximum atomic E-state index is 13.6. The van der Waals surface area contributed by atoms with Crippen molar-refractivity contribution in [3.05, 3.63) is 0 Å². The molecule has 22 heteroatoms. The molecule has 0 aliphatic rings. The van der Waals surface area contributed by atoms with Crippen LogP contribution in [0, 0.1) is 11.8 Å². The zero-order valence-electron chi connectivity index (χ0n) is 33.7. The summed E-state index contributed by atoms with van der Waals surface area (Å²) in [5.74, 6) is -7.18. The number of unbranched alkanes of at least 4 members (excludes halogenated alkanes) is 1. The molecule has 7 amide bonds. The highest BCUT2D eigenvalue weighted by Gasteiger charge is 2.33. The van der Waals surface area contributed by atoms with Crippen LogP contribution in [0.3, 0.4) is 0 Å². The monoisotopic (exact) mass is 815 g/mol. The molecule has 0 rings (SSSR count). The van der Waals surface area contributed by atoms with Crippen molar-refractivity contribution in [1.82, 2.24) is 31.9 Å². The van der Waals surface area contributed by atoms with Crippen LogP contribution in [0.1, 0.15) is 92.4 Å². The van der Waals surface area contributed by atoms with Gasteiger partial charge in [-0.3, -0.25) is 38.6 Å². The second-order valence-electron chi connectivity index (χ2n) is 14.7. The molecule has 18 N–H and O–H groups in total. The molecule has 0 fully saturated rings. The SMILES string of the molecule is CC(C)CC(NC(=O)C(CCCCN)NC(=O)C(CCCN=C(N)N)NC(=O)C(C)NC(=O)C(CO)NC(=O)C(CC(C)C)NC(=O)C(N)CCC(N)=O)C(=O)O. The van der Waals surface area contributed by atoms with Crippen LogP contribution in [0.2, 0.25) is 0 Å². The van der Waals surface area contributed by atoms with E-state index in [0.29, 0.717) is 19.4 Å². The Morgan fingerprint density at radius 1 is 0.579 bits per heavy atom. The largest absolute Gasteiger partial charge is 0.480 e. The molecule has 0 aliphatic carbocycles. The lowest BCUT2D eigenvalue weighted by atomic mass is 10.0. The molecule has 0 radical (unpaired) electrons. The summed E-state index contributed by atoms with van der Waals surface area (Å²) in [4.78, 5) is 106. The van der Waals surface area contributed by atoms with Crippen molar-refractivity contribution in [2.24, 2.45) is 45.5 Å². The van der Waals surface area contributed by atoms with Crippen LogP contribution in [0.25, 0.3) is 0 Å². The third-order valence-electron chi connectivity index (χ3n) is 8.43. The maximum Gasteiger partial charge on any atom is 0.326 e. The third-order valence-corrected chi connectivity index (χ3v) is 8.43. The van der Waals surface area contributed by atoms with Gasteiger partial charge in [-0.25, -0.2) is 4.79 Å². The molecule has 22 nitrogen and oxygen atoms in total. The Balaban J connectivity index is 5.99. The summed E-state index contributed by atoms with van der Waals surface area (Å²) >= 11 is 0. The van der Waals surface area contributed by atoms with Crippen molar-refractivity contribution in [3.8, 4) is 0 Å². The van der Waals surface area contributed by atoms with Crippen molar-refractivity contribution in [3.63, 3.8) is 0 Å². The molecule has 7 unspecified atom stereocenters. The molecule has 326 valence electrons. The van der Waals surface area contributed by atoms with Crippen LogP contribution in [0.15, 0.2) is 4.99 Å². The molecule has 0 aromatic carbocycles. The number of hydrogen-bond donors (Lipinski definition) is 13. The number of aliphatic hydroxyl groups is 1. The van der Waals surface area contributed by atoms with E-state index in [2.05, 4.69) is 36.9 Å². The third kappa shape index (κ3) is 22.3. The first-order valence-corrected chi connectivity index (χ1v) is 19.1. The second kappa shape index (κ2) is 27.5. The summed E-state index contributed by atoms with van der Waals surface area (Å²) in [6.07, 6.45) is 1.26. The number of rotatable bonds is 29. The second-order valence-corrected chi connectivity index (χ2v) is 14.7. The van der Waals surface area contributed by atoms with Gasteiger partial charge in [0.15, 0.2) is 5.96 Å². The summed E-state index contributed by atoms with van der Waals surface area (Å²) in [5.41, 5.74) is 27.4. The number of amides is 7. The van der Waals surface area contributed by atoms with Gasteiger partial charge in [0.25, 0.3) is 0 Å². The number of nitrogens with two attached hydrogens (primary N) is 5. The molecule has 0 aliphatic heterocycles. The summed E-state index contributed by atoms with van der Waals surface area (Å²) in [7, 11) is 0. The van der Waals surface area contributed by atoms with Gasteiger partial charge in [0.05, 0.1) is 12.6 Å². The van der Waals surface area contributed by atoms with Crippen LogP contribution >= 0.6 is 0 Å². The quantitative estimate of drug-likeness (QED) is 0.0194. The first-order chi connectivity index (χ1) is 26.6. The Kier molecular flexibility index (Phi) is 25.0. The smallest absolute Gasteiger partial charge is 0.326 e. The minimum atomic E-state index is -1.57. The first-order valence-electron chi connectivity index (χ1n) is 19.1. The molecular formula is C35H66N12O10. The van der Waals surface area contributed by atoms with Gasteiger partial charge in [0.2, 0.25) is 41.4 Å². The van der Waals surface area contributed by atoms with E-state index in [1.807, 2.05) is 0 Å². The minimum absolute atomic E-state index is 0.0261. The molecule has 0 bridgehead atoms. The Morgan fingerprint density at radius 3 is 1.53 bits per heavy atom. The number of nitrogens with zero attached hydrogens (tertiary/aromatic N) is 1. The number of carbonyl (C=O) groups is 8. The summed E-state index contributed by atoms with van der Waals surface area (Å²) in [5, 5.41) is 34.5. The molecule has 0 saturated carbocycles. The van der Waals surface area contributed by atoms with Gasteiger partial charge in [-0.05, 0) is 76.7 Å². The van der Waals surface area contributed by atoms with E-state index in [9.17, 15) is 48.6 Å². The van der Waals surface area contributed by atoms with E-state index in [-0.39, 0.29) is 69.3 Å². The lowest BCUT2D eigenvalue weighted by Crippen LogP contribution is -2.60. The normalized spacial score (nSPS) is 14.8. The Bertz CT molecular complexity index is 1380. The van der Waals surface area contributed by atoms with Crippen LogP contribution < -0.4 is 60.6 Å². The van der Waals surface area contributed by atoms with Crippen LogP contribution in [0.5, 0.6) is 0 Å². The topological polar surface area (TPSA) is 392 Å². The van der Waals surface area contributed by atoms with Gasteiger partial charge in [-0.2, -0.15) is 0 Å². The van der Waals surface area contributed by atoms with Gasteiger partial charge >= 0.3 is 5.97 Å². The minimum Gasteiger partial charge on any atom is -0.480 e. The van der Waals surface area contributed by atoms with E-state index in [1.54, 1.807) is 27.7 Å². The standard InChI is InChI=1S/C35H66N12O10/c1-18(2)15-24(45-29(51)21(37)11-12-27(38)49)32(54)47-26(17-48)33(55)42-20(5)28(50)43-23(10-8-14-41-35(39)40)30(52)44-22(9-6-7-13-36)31(53)46-25(34(56)57)16-19(3)4/h18-26,48H,6-17,36-37H2,1-5H3,(H2,38,49)(H,42,55)(H,43,50)(H,44,52)(H,45,51)(H,46,53)(H,47,54)(H,56,57)(H4,39,40,41). The Hall–Kier alpha value is -5.09. The number of aliphatic carboxylic acids is 1. The van der Waals surface area contributed by atoms with Crippen molar-refractivity contribution in [1.29, 1.82) is 0 Å². The molecule has 0 heterocycles. The van der Waals surface area contributed by atoms with Crippen molar-refractivity contribution >= 4 is 53.3 Å². The van der Waals surface area contributed by atoms with Gasteiger partial charge < -0.3 is 70.8 Å². The van der Waals surface area contributed by atoms with Crippen molar-refractivity contribution < 1.29 is 48.6 Å². The zero-order chi connectivity index (χ0) is 43.8. The predicted octanol–water partition coefficient (Wildman–Crippen LogP) is -4.14. The number of carbonyl (C=O) groups excluding carboxylic acids is 7. The molecular weight excluding hydrogens is 748 g/mol. The van der Waals surface area contributed by atoms with Crippen molar-refractivity contribution in [2.45, 2.75) is 135 Å². The number of guanidine groups is 1. The fourth-order valence-corrected chi connectivity index (χ4v) is 5.32. The highest BCUT2D eigenvalue weighted by molar-refractivity contribution is 5.97. The molecule has 0 aromatic heterocycles. The zero-order valence-corrected chi connectivity index (χ0v) is 33.7. The highest BCUT2D eigenvalue weighted by Crippen LogP contribution is 2.10. The highest BCUT2D eigenvalue weighted by atomic mass is 16.4. The van der Waals surface area contributed by atoms with Gasteiger partial charge in [0.1, 0.15) is 36.3 Å². The number of carboxylic acid groups (broad SMARTS) is 1. The first kappa shape index (κ1) is 51.9. The summed E-state index contributed by atoms with van der Waals surface area (Å²) in [6, 6.07) is -8.91. The number of aliphatic hydroxyl groups excluding tert-OH is 1. The average molecular weight is 815 g/mol. The average Bonchev–Trinajstić information content (AvgIpc) is 3.11. The van der Waals surface area contributed by atoms with Gasteiger partial charge in [-0.15, -0.1) is 0 Å². The predicted molar refractivity (Wildman–Crippen MR) is 210 cm³/mol. The van der Waals surface area contributed by atoms with Gasteiger partial charge in [0, 0.05) is 13.0 Å². The van der Waals surface area contributed by atoms with E-state index in [4.69, 9.17) is 28.7 Å². The molecule has 0 saturated heterocycles. The van der Waals surface area contributed by atoms with E-state index < -0.39 is 96.2 Å². The van der Waals surface area contributed by atoms with E-state index >= 15 is 0 Å². The fraction of sp³-hybridized carbons (Fsp3) is 0.743. The summed E-state index contributed by atoms with van der Waals surface area (Å²) in [6.45, 7) is 7.94. The van der Waals surface area contributed by atoms with Crippen LogP contribution in [-0.2, 0) is 38.4 Å². The Labute approximate surface area is 333 Å².